The summed E-state index contributed by atoms with van der Waals surface area (Å²) in [6, 6.07) is 9.98. The molecule has 3 aliphatic rings. The lowest BCUT2D eigenvalue weighted by molar-refractivity contribution is -0.274. The lowest BCUT2D eigenvalue weighted by Crippen LogP contribution is -2.75. The minimum atomic E-state index is -4.80. The van der Waals surface area contributed by atoms with E-state index in [0.717, 1.165) is 12.1 Å². The van der Waals surface area contributed by atoms with E-state index in [9.17, 15) is 27.6 Å². The second-order valence-electron chi connectivity index (χ2n) is 8.54. The summed E-state index contributed by atoms with van der Waals surface area (Å²) in [7, 11) is 0. The third kappa shape index (κ3) is 4.36. The molecule has 0 radical (unpaired) electrons. The zero-order valence-corrected chi connectivity index (χ0v) is 18.6. The van der Waals surface area contributed by atoms with Gasteiger partial charge in [0, 0.05) is 13.1 Å². The molecule has 3 saturated heterocycles. The predicted molar refractivity (Wildman–Crippen MR) is 114 cm³/mol. The maximum absolute atomic E-state index is 13.2. The van der Waals surface area contributed by atoms with Crippen LogP contribution in [0.25, 0.3) is 0 Å². The minimum absolute atomic E-state index is 0.229. The molecule has 0 bridgehead atoms. The van der Waals surface area contributed by atoms with Gasteiger partial charge in [-0.1, -0.05) is 12.1 Å². The predicted octanol–water partition coefficient (Wildman–Crippen LogP) is 2.04. The highest BCUT2D eigenvalue weighted by Gasteiger charge is 2.59. The van der Waals surface area contributed by atoms with Gasteiger partial charge >= 0.3 is 12.4 Å². The molecule has 2 aromatic rings. The molecule has 3 fully saturated rings. The Morgan fingerprint density at radius 3 is 1.94 bits per heavy atom. The van der Waals surface area contributed by atoms with Crippen molar-refractivity contribution in [3.05, 3.63) is 54.1 Å². The minimum Gasteiger partial charge on any atom is -0.457 e. The largest absolute Gasteiger partial charge is 0.573 e. The molecule has 0 aromatic heterocycles. The van der Waals surface area contributed by atoms with E-state index < -0.39 is 41.1 Å². The van der Waals surface area contributed by atoms with Crippen molar-refractivity contribution in [2.24, 2.45) is 0 Å². The Kier molecular flexibility index (Phi) is 5.85. The number of carbonyl (C=O) groups excluding carboxylic acids is 3. The summed E-state index contributed by atoms with van der Waals surface area (Å²) in [6.45, 7) is 1.38. The van der Waals surface area contributed by atoms with E-state index in [-0.39, 0.29) is 25.4 Å². The number of morpholine rings is 1. The molecule has 10 nitrogen and oxygen atoms in total. The first-order valence-electron chi connectivity index (χ1n) is 10.9. The maximum Gasteiger partial charge on any atom is 0.573 e. The number of halogens is 3. The summed E-state index contributed by atoms with van der Waals surface area (Å²) < 4.78 is 57.6. The zero-order valence-electron chi connectivity index (χ0n) is 18.6. The van der Waals surface area contributed by atoms with Crippen LogP contribution in [-0.2, 0) is 24.6 Å². The van der Waals surface area contributed by atoms with E-state index in [2.05, 4.69) is 15.4 Å². The van der Waals surface area contributed by atoms with Crippen molar-refractivity contribution in [3.8, 4) is 17.2 Å². The number of hydrogen-bond acceptors (Lipinski definition) is 8. The molecule has 0 atom stereocenters. The number of amides is 4. The van der Waals surface area contributed by atoms with Crippen LogP contribution in [0.15, 0.2) is 48.5 Å². The van der Waals surface area contributed by atoms with Gasteiger partial charge in [0.05, 0.1) is 19.8 Å². The summed E-state index contributed by atoms with van der Waals surface area (Å²) in [6.07, 6.45) is -4.80. The summed E-state index contributed by atoms with van der Waals surface area (Å²) in [5, 5.41) is 4.38. The fourth-order valence-corrected chi connectivity index (χ4v) is 4.50. The first kappa shape index (κ1) is 24.0. The van der Waals surface area contributed by atoms with Gasteiger partial charge in [0.2, 0.25) is 5.54 Å². The molecule has 3 aliphatic heterocycles. The Hall–Kier alpha value is -3.68. The third-order valence-corrected chi connectivity index (χ3v) is 6.13. The van der Waals surface area contributed by atoms with E-state index in [0.29, 0.717) is 24.5 Å². The van der Waals surface area contributed by atoms with Crippen molar-refractivity contribution < 1.29 is 46.5 Å². The van der Waals surface area contributed by atoms with E-state index in [1.807, 2.05) is 0 Å². The van der Waals surface area contributed by atoms with Crippen molar-refractivity contribution >= 4 is 17.8 Å². The molecule has 0 saturated carbocycles. The number of nitrogens with one attached hydrogen (secondary N) is 2. The number of alkyl halides is 3. The molecule has 0 aliphatic carbocycles. The zero-order chi connectivity index (χ0) is 25.6. The van der Waals surface area contributed by atoms with Gasteiger partial charge in [0.1, 0.15) is 22.8 Å². The van der Waals surface area contributed by atoms with Crippen molar-refractivity contribution in [1.29, 1.82) is 0 Å². The SMILES string of the molecule is O=C1NC(=O)C(c2ccc(Oc3ccc(OC(F)(F)F)cc3)cc2)(N2CCOC3(COC3)C2)C(=O)N1. The lowest BCUT2D eigenvalue weighted by Gasteiger charge is -2.52. The van der Waals surface area contributed by atoms with Crippen molar-refractivity contribution in [3.63, 3.8) is 0 Å². The number of rotatable bonds is 5. The van der Waals surface area contributed by atoms with Crippen LogP contribution in [0.3, 0.4) is 0 Å². The number of barbiturate groups is 1. The number of imide groups is 2. The Labute approximate surface area is 202 Å². The van der Waals surface area contributed by atoms with Gasteiger partial charge in [-0.05, 0) is 42.0 Å². The van der Waals surface area contributed by atoms with E-state index in [4.69, 9.17) is 14.2 Å². The van der Waals surface area contributed by atoms with Crippen LogP contribution in [0.4, 0.5) is 18.0 Å². The Bertz CT molecular complexity index is 1160. The van der Waals surface area contributed by atoms with Crippen LogP contribution in [0.2, 0.25) is 0 Å². The summed E-state index contributed by atoms with van der Waals surface area (Å²) in [5.41, 5.74) is -2.18. The average Bonchev–Trinajstić information content (AvgIpc) is 2.79. The number of urea groups is 1. The Morgan fingerprint density at radius 2 is 1.42 bits per heavy atom. The average molecular weight is 507 g/mol. The first-order valence-corrected chi connectivity index (χ1v) is 10.9. The molecule has 4 amide bonds. The molecule has 0 unspecified atom stereocenters. The second-order valence-corrected chi connectivity index (χ2v) is 8.54. The molecular formula is C23H20F3N3O7. The van der Waals surface area contributed by atoms with Crippen molar-refractivity contribution in [2.75, 3.05) is 32.9 Å². The number of benzene rings is 2. The van der Waals surface area contributed by atoms with Gasteiger partial charge in [-0.3, -0.25) is 25.1 Å². The van der Waals surface area contributed by atoms with Crippen LogP contribution < -0.4 is 20.1 Å². The van der Waals surface area contributed by atoms with Crippen molar-refractivity contribution in [1.82, 2.24) is 15.5 Å². The van der Waals surface area contributed by atoms with Crippen LogP contribution in [-0.4, -0.2) is 67.6 Å². The number of hydrogen-bond donors (Lipinski definition) is 2. The van der Waals surface area contributed by atoms with Crippen LogP contribution >= 0.6 is 0 Å². The topological polar surface area (TPSA) is 115 Å². The molecule has 3 heterocycles. The fourth-order valence-electron chi connectivity index (χ4n) is 4.50. The molecule has 5 rings (SSSR count). The molecule has 1 spiro atoms. The first-order chi connectivity index (χ1) is 17.1. The van der Waals surface area contributed by atoms with E-state index in [1.54, 1.807) is 4.90 Å². The molecule has 190 valence electrons. The van der Waals surface area contributed by atoms with Crippen molar-refractivity contribution in [2.45, 2.75) is 17.5 Å². The van der Waals surface area contributed by atoms with Crippen LogP contribution in [0.5, 0.6) is 17.2 Å². The monoisotopic (exact) mass is 507 g/mol. The molecule has 2 N–H and O–H groups in total. The van der Waals surface area contributed by atoms with Gasteiger partial charge in [0.25, 0.3) is 11.8 Å². The third-order valence-electron chi connectivity index (χ3n) is 6.13. The highest BCUT2D eigenvalue weighted by Crippen LogP contribution is 2.38. The van der Waals surface area contributed by atoms with Gasteiger partial charge in [-0.15, -0.1) is 13.2 Å². The number of ether oxygens (including phenoxy) is 4. The molecule has 13 heteroatoms. The lowest BCUT2D eigenvalue weighted by atomic mass is 9.82. The summed E-state index contributed by atoms with van der Waals surface area (Å²) >= 11 is 0. The summed E-state index contributed by atoms with van der Waals surface area (Å²) in [4.78, 5) is 40.0. The molecule has 36 heavy (non-hydrogen) atoms. The smallest absolute Gasteiger partial charge is 0.457 e. The Balaban J connectivity index is 1.41. The van der Waals surface area contributed by atoms with Gasteiger partial charge in [-0.25, -0.2) is 4.79 Å². The highest BCUT2D eigenvalue weighted by molar-refractivity contribution is 6.22. The van der Waals surface area contributed by atoms with Crippen LogP contribution in [0.1, 0.15) is 5.56 Å². The molecular weight excluding hydrogens is 487 g/mol. The van der Waals surface area contributed by atoms with E-state index >= 15 is 0 Å². The normalized spacial score (nSPS) is 21.4. The van der Waals surface area contributed by atoms with Gasteiger partial charge in [0.15, 0.2) is 0 Å². The maximum atomic E-state index is 13.2. The number of nitrogens with zero attached hydrogens (tertiary/aromatic N) is 1. The standard InChI is InChI=1S/C23H20F3N3O7/c24-23(25,26)36-17-7-5-16(6-8-17)35-15-3-1-14(2-4-15)22(18(30)27-20(32)28-19(22)31)29-9-10-34-21(11-29)12-33-13-21/h1-8H,9-13H2,(H2,27,28,30,31,32). The van der Waals surface area contributed by atoms with Crippen LogP contribution in [0, 0.1) is 0 Å². The number of carbonyl (C=O) groups is 3. The van der Waals surface area contributed by atoms with E-state index in [1.165, 1.54) is 36.4 Å². The second kappa shape index (κ2) is 8.76. The Morgan fingerprint density at radius 1 is 0.861 bits per heavy atom. The van der Waals surface area contributed by atoms with Gasteiger partial charge < -0.3 is 18.9 Å². The fraction of sp³-hybridized carbons (Fsp3) is 0.348. The highest BCUT2D eigenvalue weighted by atomic mass is 19.4. The van der Waals surface area contributed by atoms with Gasteiger partial charge in [-0.2, -0.15) is 0 Å². The summed E-state index contributed by atoms with van der Waals surface area (Å²) in [5.74, 6) is -1.43. The quantitative estimate of drug-likeness (QED) is 0.591. The molecule has 2 aromatic carbocycles.